The normalized spacial score (nSPS) is 13.2. The van der Waals surface area contributed by atoms with Gasteiger partial charge >= 0.3 is 19.8 Å². The summed E-state index contributed by atoms with van der Waals surface area (Å²) in [6, 6.07) is 0. The van der Waals surface area contributed by atoms with Crippen molar-refractivity contribution < 1.29 is 37.6 Å². The van der Waals surface area contributed by atoms with Gasteiger partial charge < -0.3 is 20.1 Å². The molecular formula is C71H134NO8P. The van der Waals surface area contributed by atoms with E-state index in [0.717, 1.165) is 57.8 Å². The molecule has 0 aliphatic carbocycles. The highest BCUT2D eigenvalue weighted by molar-refractivity contribution is 7.47. The van der Waals surface area contributed by atoms with Crippen molar-refractivity contribution in [3.8, 4) is 0 Å². The first-order valence-electron chi connectivity index (χ1n) is 35.1. The highest BCUT2D eigenvalue weighted by Gasteiger charge is 2.26. The van der Waals surface area contributed by atoms with Crippen molar-refractivity contribution in [2.45, 2.75) is 367 Å². The van der Waals surface area contributed by atoms with Gasteiger partial charge in [0.15, 0.2) is 6.10 Å². The fourth-order valence-corrected chi connectivity index (χ4v) is 11.2. The van der Waals surface area contributed by atoms with Gasteiger partial charge in [0, 0.05) is 19.4 Å². The van der Waals surface area contributed by atoms with Crippen LogP contribution in [0, 0.1) is 0 Å². The average Bonchev–Trinajstić information content (AvgIpc) is 3.46. The fraction of sp³-hybridized carbons (Fsp3) is 0.859. The number of nitrogens with two attached hydrogens (primary N) is 1. The van der Waals surface area contributed by atoms with Crippen LogP contribution in [0.3, 0.4) is 0 Å². The third kappa shape index (κ3) is 67.0. The van der Waals surface area contributed by atoms with Crippen LogP contribution in [0.1, 0.15) is 361 Å². The first-order chi connectivity index (χ1) is 39.8. The Hall–Kier alpha value is -2.03. The predicted molar refractivity (Wildman–Crippen MR) is 349 cm³/mol. The number of allylic oxidation sites excluding steroid dienone is 8. The Morgan fingerprint density at radius 3 is 0.963 bits per heavy atom. The lowest BCUT2D eigenvalue weighted by atomic mass is 10.0. The van der Waals surface area contributed by atoms with E-state index in [1.165, 1.54) is 270 Å². The number of carbonyl (C=O) groups is 2. The molecule has 0 radical (unpaired) electrons. The third-order valence-corrected chi connectivity index (χ3v) is 16.7. The van der Waals surface area contributed by atoms with Crippen molar-refractivity contribution in [2.24, 2.45) is 5.73 Å². The molecule has 0 saturated carbocycles. The van der Waals surface area contributed by atoms with Gasteiger partial charge in [-0.3, -0.25) is 18.6 Å². The lowest BCUT2D eigenvalue weighted by molar-refractivity contribution is -0.161. The van der Waals surface area contributed by atoms with E-state index in [4.69, 9.17) is 24.3 Å². The SMILES string of the molecule is CCCCCCC/C=C\C/C=C\C/C=C\CCCCCCCCCCCCC(=O)OC(COC(=O)CCCCCCCCCCCCCCCCCCCCCCCCC/C=C\CCCCCCCCCC)COP(=O)(O)OCCN. The second-order valence-electron chi connectivity index (χ2n) is 23.7. The van der Waals surface area contributed by atoms with Crippen LogP contribution in [0.25, 0.3) is 0 Å². The van der Waals surface area contributed by atoms with Crippen LogP contribution in [0.15, 0.2) is 48.6 Å². The first kappa shape index (κ1) is 79.0. The van der Waals surface area contributed by atoms with Crippen LogP contribution in [0.2, 0.25) is 0 Å². The van der Waals surface area contributed by atoms with Gasteiger partial charge in [-0.25, -0.2) is 4.57 Å². The van der Waals surface area contributed by atoms with Gasteiger partial charge in [-0.1, -0.05) is 319 Å². The number of unbranched alkanes of at least 4 members (excludes halogenated alkanes) is 46. The van der Waals surface area contributed by atoms with Gasteiger partial charge in [-0.2, -0.15) is 0 Å². The zero-order chi connectivity index (χ0) is 58.7. The molecule has 0 aromatic rings. The van der Waals surface area contributed by atoms with Gasteiger partial charge in [-0.15, -0.1) is 0 Å². The van der Waals surface area contributed by atoms with Gasteiger partial charge in [0.25, 0.3) is 0 Å². The molecule has 81 heavy (non-hydrogen) atoms. The number of phosphoric acid groups is 1. The smallest absolute Gasteiger partial charge is 0.462 e. The number of phosphoric ester groups is 1. The fourth-order valence-electron chi connectivity index (χ4n) is 10.5. The Labute approximate surface area is 502 Å². The first-order valence-corrected chi connectivity index (χ1v) is 36.6. The summed E-state index contributed by atoms with van der Waals surface area (Å²) in [4.78, 5) is 35.3. The minimum Gasteiger partial charge on any atom is -0.462 e. The second kappa shape index (κ2) is 67.1. The van der Waals surface area contributed by atoms with Crippen LogP contribution in [0.4, 0.5) is 0 Å². The van der Waals surface area contributed by atoms with Crippen LogP contribution in [0.5, 0.6) is 0 Å². The summed E-state index contributed by atoms with van der Waals surface area (Å²) in [5.41, 5.74) is 5.40. The highest BCUT2D eigenvalue weighted by atomic mass is 31.2. The van der Waals surface area contributed by atoms with E-state index < -0.39 is 26.5 Å². The van der Waals surface area contributed by atoms with E-state index in [-0.39, 0.29) is 38.6 Å². The zero-order valence-corrected chi connectivity index (χ0v) is 54.4. The van der Waals surface area contributed by atoms with E-state index in [9.17, 15) is 19.0 Å². The van der Waals surface area contributed by atoms with Crippen molar-refractivity contribution in [1.82, 2.24) is 0 Å². The number of hydrogen-bond acceptors (Lipinski definition) is 8. The number of ether oxygens (including phenoxy) is 2. The summed E-state index contributed by atoms with van der Waals surface area (Å²) in [7, 11) is -4.39. The molecule has 2 atom stereocenters. The summed E-state index contributed by atoms with van der Waals surface area (Å²) in [6.45, 7) is 3.79. The third-order valence-electron chi connectivity index (χ3n) is 15.7. The number of rotatable bonds is 67. The Morgan fingerprint density at radius 2 is 0.642 bits per heavy atom. The molecular weight excluding hydrogens is 1030 g/mol. The van der Waals surface area contributed by atoms with Gasteiger partial charge in [-0.05, 0) is 77.0 Å². The topological polar surface area (TPSA) is 134 Å². The number of hydrogen-bond donors (Lipinski definition) is 2. The maximum absolute atomic E-state index is 12.7. The minimum absolute atomic E-state index is 0.0533. The Kier molecular flexibility index (Phi) is 65.4. The summed E-state index contributed by atoms with van der Waals surface area (Å²) in [5.74, 6) is -0.815. The molecule has 0 saturated heterocycles. The maximum atomic E-state index is 12.7. The molecule has 0 aromatic heterocycles. The quantitative estimate of drug-likeness (QED) is 0.0264. The minimum atomic E-state index is -4.39. The molecule has 9 nitrogen and oxygen atoms in total. The molecule has 0 aliphatic rings. The highest BCUT2D eigenvalue weighted by Crippen LogP contribution is 2.43. The summed E-state index contributed by atoms with van der Waals surface area (Å²) < 4.78 is 33.2. The molecule has 0 aromatic carbocycles. The van der Waals surface area contributed by atoms with Crippen molar-refractivity contribution >= 4 is 19.8 Å². The second-order valence-corrected chi connectivity index (χ2v) is 25.2. The summed E-state index contributed by atoms with van der Waals surface area (Å²) >= 11 is 0. The van der Waals surface area contributed by atoms with Crippen LogP contribution in [-0.4, -0.2) is 49.3 Å². The van der Waals surface area contributed by atoms with Crippen LogP contribution >= 0.6 is 7.82 Å². The molecule has 0 spiro atoms. The van der Waals surface area contributed by atoms with E-state index in [1.807, 2.05) is 0 Å². The molecule has 0 aliphatic heterocycles. The molecule has 0 bridgehead atoms. The summed E-state index contributed by atoms with van der Waals surface area (Å²) in [5, 5.41) is 0. The predicted octanol–water partition coefficient (Wildman–Crippen LogP) is 22.9. The standard InChI is InChI=1S/C71H134NO8P/c1-3-5-7-9-11-13-15-17-19-21-23-25-27-29-30-31-32-33-34-35-36-37-38-40-41-43-45-47-49-51-53-55-57-59-61-63-70(73)77-67-69(68-79-81(75,76)78-66-65-72)80-71(74)64-62-60-58-56-54-52-50-48-46-44-42-39-28-26-24-22-20-18-16-14-12-10-8-6-4-2/h16,18,21-24,28,39,69H,3-15,17,19-20,25-27,29-38,40-68,72H2,1-2H3,(H,75,76)/b18-16-,23-21-,24-22-,39-28-. The van der Waals surface area contributed by atoms with E-state index in [1.54, 1.807) is 0 Å². The number of carbonyl (C=O) groups excluding carboxylic acids is 2. The Bertz CT molecular complexity index is 1470. The zero-order valence-electron chi connectivity index (χ0n) is 53.5. The van der Waals surface area contributed by atoms with Crippen molar-refractivity contribution in [3.63, 3.8) is 0 Å². The van der Waals surface area contributed by atoms with Crippen LogP contribution < -0.4 is 5.73 Å². The molecule has 476 valence electrons. The van der Waals surface area contributed by atoms with Crippen molar-refractivity contribution in [1.29, 1.82) is 0 Å². The van der Waals surface area contributed by atoms with Crippen molar-refractivity contribution in [2.75, 3.05) is 26.4 Å². The van der Waals surface area contributed by atoms with Gasteiger partial charge in [0.05, 0.1) is 13.2 Å². The monoisotopic (exact) mass is 1160 g/mol. The average molecular weight is 1160 g/mol. The lowest BCUT2D eigenvalue weighted by Gasteiger charge is -2.19. The molecule has 2 unspecified atom stereocenters. The van der Waals surface area contributed by atoms with Gasteiger partial charge in [0.2, 0.25) is 0 Å². The molecule has 0 rings (SSSR count). The maximum Gasteiger partial charge on any atom is 0.472 e. The largest absolute Gasteiger partial charge is 0.472 e. The molecule has 0 fully saturated rings. The van der Waals surface area contributed by atoms with Crippen LogP contribution in [-0.2, 0) is 32.7 Å². The molecule has 0 heterocycles. The summed E-state index contributed by atoms with van der Waals surface area (Å²) in [6.07, 6.45) is 85.0. The van der Waals surface area contributed by atoms with Crippen molar-refractivity contribution in [3.05, 3.63) is 48.6 Å². The lowest BCUT2D eigenvalue weighted by Crippen LogP contribution is -2.29. The van der Waals surface area contributed by atoms with E-state index >= 15 is 0 Å². The molecule has 10 heteroatoms. The number of esters is 2. The van der Waals surface area contributed by atoms with E-state index in [2.05, 4.69) is 62.5 Å². The van der Waals surface area contributed by atoms with E-state index in [0.29, 0.717) is 6.42 Å². The molecule has 0 amide bonds. The Morgan fingerprint density at radius 1 is 0.370 bits per heavy atom. The molecule has 3 N–H and O–H groups in total. The van der Waals surface area contributed by atoms with Gasteiger partial charge in [0.1, 0.15) is 6.61 Å². The Balaban J connectivity index is 3.82.